The lowest BCUT2D eigenvalue weighted by atomic mass is 9.93. The number of ketones is 1. The first kappa shape index (κ1) is 23.0. The summed E-state index contributed by atoms with van der Waals surface area (Å²) in [5.74, 6) is -1.96. The minimum absolute atomic E-state index is 0.0686. The van der Waals surface area contributed by atoms with Crippen LogP contribution in [0, 0.1) is 30.9 Å². The maximum atomic E-state index is 13.5. The highest BCUT2D eigenvalue weighted by molar-refractivity contribution is 6.52. The summed E-state index contributed by atoms with van der Waals surface area (Å²) >= 11 is 0. The maximum absolute atomic E-state index is 13.5. The van der Waals surface area contributed by atoms with E-state index in [9.17, 15) is 24.8 Å². The highest BCUT2D eigenvalue weighted by atomic mass is 16.6. The molecule has 3 aromatic carbocycles. The van der Waals surface area contributed by atoms with Gasteiger partial charge in [0.15, 0.2) is 0 Å². The van der Waals surface area contributed by atoms with Gasteiger partial charge in [-0.15, -0.1) is 0 Å². The van der Waals surface area contributed by atoms with Crippen LogP contribution in [0.1, 0.15) is 34.0 Å². The molecule has 1 fully saturated rings. The number of fused-ring (bicyclic) bond motifs is 1. The van der Waals surface area contributed by atoms with Gasteiger partial charge in [0.1, 0.15) is 5.76 Å². The zero-order chi connectivity index (χ0) is 25.7. The smallest absolute Gasteiger partial charge is 0.300 e. The molecule has 1 aliphatic rings. The van der Waals surface area contributed by atoms with Crippen LogP contribution < -0.4 is 4.90 Å². The Morgan fingerprint density at radius 3 is 2.25 bits per heavy atom. The molecule has 0 aliphatic carbocycles. The minimum Gasteiger partial charge on any atom is -0.507 e. The van der Waals surface area contributed by atoms with Crippen LogP contribution >= 0.6 is 0 Å². The lowest BCUT2D eigenvalue weighted by Crippen LogP contribution is -2.29. The molecule has 0 bridgehead atoms. The summed E-state index contributed by atoms with van der Waals surface area (Å²) in [6, 6.07) is 17.6. The van der Waals surface area contributed by atoms with Gasteiger partial charge in [-0.3, -0.25) is 24.6 Å². The third-order valence-corrected chi connectivity index (χ3v) is 6.50. The Morgan fingerprint density at radius 2 is 1.61 bits per heavy atom. The number of aliphatic hydroxyl groups excluding tert-OH is 1. The van der Waals surface area contributed by atoms with Crippen molar-refractivity contribution in [2.45, 2.75) is 26.8 Å². The summed E-state index contributed by atoms with van der Waals surface area (Å²) in [5, 5.41) is 23.2. The molecule has 0 spiro atoms. The summed E-state index contributed by atoms with van der Waals surface area (Å²) in [5.41, 5.74) is 4.69. The van der Waals surface area contributed by atoms with Crippen LogP contribution in [0.25, 0.3) is 16.7 Å². The van der Waals surface area contributed by atoms with Crippen molar-refractivity contribution in [1.82, 2.24) is 4.98 Å². The highest BCUT2D eigenvalue weighted by Gasteiger charge is 2.48. The van der Waals surface area contributed by atoms with Gasteiger partial charge in [-0.05, 0) is 62.2 Å². The van der Waals surface area contributed by atoms with Gasteiger partial charge >= 0.3 is 0 Å². The molecule has 2 heterocycles. The first-order valence-corrected chi connectivity index (χ1v) is 11.4. The Labute approximate surface area is 206 Å². The number of anilines is 1. The number of non-ortho nitro benzene ring substituents is 1. The lowest BCUT2D eigenvalue weighted by Gasteiger charge is -2.26. The second-order valence-electron chi connectivity index (χ2n) is 9.03. The number of amides is 1. The number of hydrogen-bond donors (Lipinski definition) is 2. The molecule has 180 valence electrons. The highest BCUT2D eigenvalue weighted by Crippen LogP contribution is 2.45. The number of para-hydroxylation sites is 1. The quantitative estimate of drug-likeness (QED) is 0.129. The zero-order valence-electron chi connectivity index (χ0n) is 19.9. The van der Waals surface area contributed by atoms with E-state index in [2.05, 4.69) is 4.98 Å². The molecule has 36 heavy (non-hydrogen) atoms. The van der Waals surface area contributed by atoms with Gasteiger partial charge in [-0.25, -0.2) is 0 Å². The maximum Gasteiger partial charge on any atom is 0.300 e. The molecule has 4 aromatic rings. The molecule has 8 heteroatoms. The predicted molar refractivity (Wildman–Crippen MR) is 137 cm³/mol. The molecule has 1 unspecified atom stereocenters. The van der Waals surface area contributed by atoms with Crippen LogP contribution in [-0.2, 0) is 9.59 Å². The number of rotatable bonds is 4. The van der Waals surface area contributed by atoms with E-state index < -0.39 is 22.7 Å². The first-order chi connectivity index (χ1) is 17.2. The third-order valence-electron chi connectivity index (χ3n) is 6.50. The SMILES string of the molecule is Cc1cc(C)cc(N2C(=O)C(=O)/C(=C(/O)c3ccc([N+](=O)[O-])cc3)C2c2c(C)[nH]c3ccccc23)c1. The largest absolute Gasteiger partial charge is 0.507 e. The van der Waals surface area contributed by atoms with Crippen molar-refractivity contribution >= 4 is 39.7 Å². The fourth-order valence-corrected chi connectivity index (χ4v) is 5.01. The number of nitro groups is 1. The van der Waals surface area contributed by atoms with Crippen molar-refractivity contribution in [3.05, 3.63) is 110 Å². The number of hydrogen-bond acceptors (Lipinski definition) is 5. The average molecular weight is 482 g/mol. The average Bonchev–Trinajstić information content (AvgIpc) is 3.30. The molecule has 8 nitrogen and oxygen atoms in total. The van der Waals surface area contributed by atoms with Gasteiger partial charge in [-0.1, -0.05) is 24.3 Å². The number of aryl methyl sites for hydroxylation is 3. The summed E-state index contributed by atoms with van der Waals surface area (Å²) in [4.78, 5) is 42.3. The van der Waals surface area contributed by atoms with Gasteiger partial charge in [0, 0.05) is 45.5 Å². The van der Waals surface area contributed by atoms with Gasteiger partial charge in [-0.2, -0.15) is 0 Å². The molecule has 1 aliphatic heterocycles. The van der Waals surface area contributed by atoms with Gasteiger partial charge < -0.3 is 10.1 Å². The van der Waals surface area contributed by atoms with E-state index in [1.54, 1.807) is 0 Å². The number of carbonyl (C=O) groups is 2. The predicted octanol–water partition coefficient (Wildman–Crippen LogP) is 5.63. The Morgan fingerprint density at radius 1 is 0.972 bits per heavy atom. The molecule has 1 aromatic heterocycles. The number of aromatic amines is 1. The molecule has 2 N–H and O–H groups in total. The number of H-pyrrole nitrogens is 1. The van der Waals surface area contributed by atoms with E-state index in [4.69, 9.17) is 0 Å². The first-order valence-electron chi connectivity index (χ1n) is 11.4. The van der Waals surface area contributed by atoms with Crippen LogP contribution in [-0.4, -0.2) is 26.7 Å². The van der Waals surface area contributed by atoms with Gasteiger partial charge in [0.05, 0.1) is 16.5 Å². The Kier molecular flexibility index (Phi) is 5.44. The Hall–Kier alpha value is -4.72. The summed E-state index contributed by atoms with van der Waals surface area (Å²) in [6.45, 7) is 5.69. The Balaban J connectivity index is 1.80. The molecule has 5 rings (SSSR count). The number of carbonyl (C=O) groups excluding carboxylic acids is 2. The number of aromatic nitrogens is 1. The van der Waals surface area contributed by atoms with Crippen molar-refractivity contribution in [2.75, 3.05) is 4.90 Å². The standard InChI is InChI=1S/C28H23N3O5/c1-15-12-16(2)14-20(13-15)30-25(23-17(3)29-22-7-5-4-6-21(22)23)24(27(33)28(30)34)26(32)18-8-10-19(11-9-18)31(35)36/h4-14,25,29,32H,1-3H3/b26-24+. The van der Waals surface area contributed by atoms with Crippen molar-refractivity contribution in [3.8, 4) is 0 Å². The number of Topliss-reactive ketones (excluding diaryl/α,β-unsaturated/α-hetero) is 1. The van der Waals surface area contributed by atoms with Gasteiger partial charge in [0.25, 0.3) is 17.4 Å². The normalized spacial score (nSPS) is 17.2. The summed E-state index contributed by atoms with van der Waals surface area (Å²) < 4.78 is 0. The number of nitrogens with one attached hydrogen (secondary N) is 1. The number of aliphatic hydroxyl groups is 1. The van der Waals surface area contributed by atoms with E-state index >= 15 is 0 Å². The fraction of sp³-hybridized carbons (Fsp3) is 0.143. The Bertz CT molecular complexity index is 1580. The molecule has 1 atom stereocenters. The zero-order valence-corrected chi connectivity index (χ0v) is 19.9. The molecular weight excluding hydrogens is 458 g/mol. The van der Waals surface area contributed by atoms with E-state index in [1.807, 2.05) is 63.2 Å². The van der Waals surface area contributed by atoms with Crippen molar-refractivity contribution in [1.29, 1.82) is 0 Å². The second-order valence-corrected chi connectivity index (χ2v) is 9.03. The number of nitro benzene ring substituents is 1. The third kappa shape index (κ3) is 3.63. The number of nitrogens with zero attached hydrogens (tertiary/aromatic N) is 2. The van der Waals surface area contributed by atoms with Crippen LogP contribution in [0.5, 0.6) is 0 Å². The van der Waals surface area contributed by atoms with E-state index in [1.165, 1.54) is 29.2 Å². The molecule has 1 saturated heterocycles. The van der Waals surface area contributed by atoms with Gasteiger partial charge in [0.2, 0.25) is 0 Å². The minimum atomic E-state index is -0.905. The summed E-state index contributed by atoms with van der Waals surface area (Å²) in [7, 11) is 0. The molecule has 0 saturated carbocycles. The monoisotopic (exact) mass is 481 g/mol. The number of benzene rings is 3. The molecule has 1 amide bonds. The topological polar surface area (TPSA) is 117 Å². The van der Waals surface area contributed by atoms with Crippen molar-refractivity contribution in [3.63, 3.8) is 0 Å². The van der Waals surface area contributed by atoms with Crippen LogP contribution in [0.4, 0.5) is 11.4 Å². The molecular formula is C28H23N3O5. The van der Waals surface area contributed by atoms with E-state index in [0.717, 1.165) is 27.7 Å². The van der Waals surface area contributed by atoms with Crippen LogP contribution in [0.2, 0.25) is 0 Å². The van der Waals surface area contributed by atoms with Crippen LogP contribution in [0.3, 0.4) is 0 Å². The van der Waals surface area contributed by atoms with Crippen LogP contribution in [0.15, 0.2) is 72.3 Å². The summed E-state index contributed by atoms with van der Waals surface area (Å²) in [6.07, 6.45) is 0. The van der Waals surface area contributed by atoms with E-state index in [0.29, 0.717) is 11.3 Å². The molecule has 0 radical (unpaired) electrons. The lowest BCUT2D eigenvalue weighted by molar-refractivity contribution is -0.384. The second kappa shape index (κ2) is 8.49. The van der Waals surface area contributed by atoms with E-state index in [-0.39, 0.29) is 22.6 Å². The van der Waals surface area contributed by atoms with Crippen molar-refractivity contribution < 1.29 is 19.6 Å². The van der Waals surface area contributed by atoms with Crippen molar-refractivity contribution in [2.24, 2.45) is 0 Å². The fourth-order valence-electron chi connectivity index (χ4n) is 5.01.